The lowest BCUT2D eigenvalue weighted by molar-refractivity contribution is 0.0967. The summed E-state index contributed by atoms with van der Waals surface area (Å²) in [4.78, 5) is 12.4. The third kappa shape index (κ3) is 2.72. The van der Waals surface area contributed by atoms with Gasteiger partial charge in [-0.2, -0.15) is 10.5 Å². The Hall–Kier alpha value is -2.99. The molecular weight excluding hydrogens is 282 g/mol. The molecule has 0 aromatic heterocycles. The van der Waals surface area contributed by atoms with Crippen LogP contribution in [0.5, 0.6) is 11.5 Å². The Labute approximate surface area is 127 Å². The number of fused-ring (bicyclic) bond motifs is 1. The van der Waals surface area contributed by atoms with E-state index < -0.39 is 0 Å². The number of hydrogen-bond donors (Lipinski definition) is 1. The smallest absolute Gasteiger partial charge is 0.168 e. The van der Waals surface area contributed by atoms with Gasteiger partial charge in [0.25, 0.3) is 0 Å². The van der Waals surface area contributed by atoms with Crippen LogP contribution in [0.25, 0.3) is 0 Å². The van der Waals surface area contributed by atoms with Gasteiger partial charge in [-0.1, -0.05) is 0 Å². The molecule has 1 aliphatic carbocycles. The third-order valence-electron chi connectivity index (χ3n) is 3.51. The summed E-state index contributed by atoms with van der Waals surface area (Å²) >= 11 is 0. The first-order valence-electron chi connectivity index (χ1n) is 6.97. The van der Waals surface area contributed by atoms with Gasteiger partial charge in [0.05, 0.1) is 5.69 Å². The van der Waals surface area contributed by atoms with Crippen LogP contribution in [0.15, 0.2) is 23.9 Å². The number of carbonyl (C=O) groups is 1. The number of benzene rings is 1. The fourth-order valence-electron chi connectivity index (χ4n) is 2.22. The summed E-state index contributed by atoms with van der Waals surface area (Å²) < 4.78 is 11.0. The van der Waals surface area contributed by atoms with Gasteiger partial charge in [-0.15, -0.1) is 0 Å². The van der Waals surface area contributed by atoms with E-state index in [0.29, 0.717) is 36.0 Å². The first-order chi connectivity index (χ1) is 10.7. The van der Waals surface area contributed by atoms with Crippen LogP contribution < -0.4 is 14.8 Å². The Bertz CT molecular complexity index is 720. The zero-order chi connectivity index (χ0) is 15.5. The molecule has 6 heteroatoms. The van der Waals surface area contributed by atoms with Gasteiger partial charge in [0.2, 0.25) is 0 Å². The largest absolute Gasteiger partial charge is 0.486 e. The number of ether oxygens (including phenoxy) is 2. The molecule has 0 saturated heterocycles. The lowest BCUT2D eigenvalue weighted by Crippen LogP contribution is -2.17. The first kappa shape index (κ1) is 14.0. The Kier molecular flexibility index (Phi) is 3.67. The van der Waals surface area contributed by atoms with Crippen LogP contribution in [-0.4, -0.2) is 19.0 Å². The summed E-state index contributed by atoms with van der Waals surface area (Å²) in [5.74, 6) is 1.19. The van der Waals surface area contributed by atoms with Crippen LogP contribution in [0, 0.1) is 28.6 Å². The van der Waals surface area contributed by atoms with Gasteiger partial charge in [0.15, 0.2) is 17.3 Å². The van der Waals surface area contributed by atoms with E-state index in [2.05, 4.69) is 5.32 Å². The van der Waals surface area contributed by atoms with Crippen molar-refractivity contribution in [3.8, 4) is 23.6 Å². The number of ketones is 1. The number of Topliss-reactive ketones (excluding diaryl/α,β-unsaturated/α-hetero) is 1. The second-order valence-corrected chi connectivity index (χ2v) is 5.11. The zero-order valence-corrected chi connectivity index (χ0v) is 11.8. The number of nitrogens with zero attached hydrogens (tertiary/aromatic N) is 2. The average molecular weight is 295 g/mol. The van der Waals surface area contributed by atoms with Crippen molar-refractivity contribution < 1.29 is 14.3 Å². The summed E-state index contributed by atoms with van der Waals surface area (Å²) in [6, 6.07) is 6.87. The molecule has 3 rings (SSSR count). The predicted octanol–water partition coefficient (Wildman–Crippen LogP) is 2.39. The molecule has 0 unspecified atom stereocenters. The highest BCUT2D eigenvalue weighted by molar-refractivity contribution is 6.04. The molecule has 1 heterocycles. The van der Waals surface area contributed by atoms with Crippen molar-refractivity contribution in [3.63, 3.8) is 0 Å². The maximum Gasteiger partial charge on any atom is 0.168 e. The molecular formula is C16H13N3O3. The van der Waals surface area contributed by atoms with Gasteiger partial charge in [0, 0.05) is 23.7 Å². The first-order valence-corrected chi connectivity index (χ1v) is 6.97. The molecule has 1 fully saturated rings. The molecule has 1 aromatic rings. The van der Waals surface area contributed by atoms with Crippen molar-refractivity contribution in [3.05, 3.63) is 29.5 Å². The van der Waals surface area contributed by atoms with Crippen LogP contribution >= 0.6 is 0 Å². The molecule has 22 heavy (non-hydrogen) atoms. The standard InChI is InChI=1S/C16H13N3O3/c17-7-10(8-18)9-19-13-6-15-14(21-3-4-22-15)5-12(13)16(20)11-1-2-11/h5-6,9,11,19H,1-4H2. The molecule has 0 atom stereocenters. The van der Waals surface area contributed by atoms with Crippen LogP contribution in [0.4, 0.5) is 5.69 Å². The van der Waals surface area contributed by atoms with Crippen molar-refractivity contribution in [2.24, 2.45) is 5.92 Å². The highest BCUT2D eigenvalue weighted by Gasteiger charge is 2.32. The Morgan fingerprint density at radius 1 is 1.18 bits per heavy atom. The quantitative estimate of drug-likeness (QED) is 0.677. The van der Waals surface area contributed by atoms with E-state index in [-0.39, 0.29) is 17.3 Å². The number of nitriles is 2. The maximum absolute atomic E-state index is 12.4. The highest BCUT2D eigenvalue weighted by Crippen LogP contribution is 2.40. The minimum atomic E-state index is -0.0697. The Morgan fingerprint density at radius 3 is 2.41 bits per heavy atom. The third-order valence-corrected chi connectivity index (χ3v) is 3.51. The maximum atomic E-state index is 12.4. The molecule has 1 saturated carbocycles. The van der Waals surface area contributed by atoms with Crippen LogP contribution in [0.1, 0.15) is 23.2 Å². The fourth-order valence-corrected chi connectivity index (χ4v) is 2.22. The van der Waals surface area contributed by atoms with E-state index in [0.717, 1.165) is 12.8 Å². The molecule has 0 bridgehead atoms. The SMILES string of the molecule is N#CC(C#N)=CNc1cc2c(cc1C(=O)C1CC1)OCCO2. The molecule has 0 amide bonds. The molecule has 1 N–H and O–H groups in total. The number of carbonyl (C=O) groups excluding carboxylic acids is 1. The van der Waals surface area contributed by atoms with E-state index in [1.807, 2.05) is 0 Å². The van der Waals surface area contributed by atoms with E-state index in [4.69, 9.17) is 20.0 Å². The number of allylic oxidation sites excluding steroid dienone is 1. The molecule has 0 spiro atoms. The molecule has 2 aliphatic rings. The molecule has 6 nitrogen and oxygen atoms in total. The number of nitrogens with one attached hydrogen (secondary N) is 1. The molecule has 1 aliphatic heterocycles. The van der Waals surface area contributed by atoms with Crippen molar-refractivity contribution in [2.45, 2.75) is 12.8 Å². The summed E-state index contributed by atoms with van der Waals surface area (Å²) in [5, 5.41) is 20.4. The summed E-state index contributed by atoms with van der Waals surface area (Å²) in [6.45, 7) is 0.892. The van der Waals surface area contributed by atoms with Crippen molar-refractivity contribution in [2.75, 3.05) is 18.5 Å². The van der Waals surface area contributed by atoms with Crippen LogP contribution in [-0.2, 0) is 0 Å². The van der Waals surface area contributed by atoms with Gasteiger partial charge in [-0.05, 0) is 18.9 Å². The molecule has 0 radical (unpaired) electrons. The highest BCUT2D eigenvalue weighted by atomic mass is 16.6. The van der Waals surface area contributed by atoms with E-state index in [1.165, 1.54) is 6.20 Å². The topological polar surface area (TPSA) is 95.1 Å². The predicted molar refractivity (Wildman–Crippen MR) is 77.4 cm³/mol. The molecule has 110 valence electrons. The van der Waals surface area contributed by atoms with Gasteiger partial charge >= 0.3 is 0 Å². The lowest BCUT2D eigenvalue weighted by Gasteiger charge is -2.20. The van der Waals surface area contributed by atoms with Crippen molar-refractivity contribution >= 4 is 11.5 Å². The second kappa shape index (κ2) is 5.79. The van der Waals surface area contributed by atoms with Gasteiger partial charge in [-0.3, -0.25) is 4.79 Å². The summed E-state index contributed by atoms with van der Waals surface area (Å²) in [5.41, 5.74) is 0.946. The summed E-state index contributed by atoms with van der Waals surface area (Å²) in [6.07, 6.45) is 3.07. The fraction of sp³-hybridized carbons (Fsp3) is 0.312. The van der Waals surface area contributed by atoms with Gasteiger partial charge < -0.3 is 14.8 Å². The lowest BCUT2D eigenvalue weighted by atomic mass is 10.0. The second-order valence-electron chi connectivity index (χ2n) is 5.11. The Morgan fingerprint density at radius 2 is 1.82 bits per heavy atom. The minimum Gasteiger partial charge on any atom is -0.486 e. The van der Waals surface area contributed by atoms with Crippen LogP contribution in [0.2, 0.25) is 0 Å². The zero-order valence-electron chi connectivity index (χ0n) is 11.8. The number of hydrogen-bond acceptors (Lipinski definition) is 6. The normalized spacial score (nSPS) is 15.2. The Balaban J connectivity index is 1.98. The number of anilines is 1. The number of rotatable bonds is 4. The van der Waals surface area contributed by atoms with Crippen LogP contribution in [0.3, 0.4) is 0 Å². The van der Waals surface area contributed by atoms with Crippen molar-refractivity contribution in [1.29, 1.82) is 10.5 Å². The molecule has 1 aromatic carbocycles. The van der Waals surface area contributed by atoms with E-state index >= 15 is 0 Å². The van der Waals surface area contributed by atoms with E-state index in [1.54, 1.807) is 24.3 Å². The van der Waals surface area contributed by atoms with Gasteiger partial charge in [-0.25, -0.2) is 0 Å². The summed E-state index contributed by atoms with van der Waals surface area (Å²) in [7, 11) is 0. The van der Waals surface area contributed by atoms with Crippen molar-refractivity contribution in [1.82, 2.24) is 0 Å². The minimum absolute atomic E-state index is 0.0448. The van der Waals surface area contributed by atoms with E-state index in [9.17, 15) is 4.79 Å². The monoisotopic (exact) mass is 295 g/mol. The van der Waals surface area contributed by atoms with Gasteiger partial charge in [0.1, 0.15) is 30.9 Å². The average Bonchev–Trinajstić information content (AvgIpc) is 3.39.